The Bertz CT molecular complexity index is 196. The Morgan fingerprint density at radius 3 is 2.80 bits per heavy atom. The van der Waals surface area contributed by atoms with E-state index in [1.165, 1.54) is 0 Å². The van der Waals surface area contributed by atoms with E-state index in [2.05, 4.69) is 0 Å². The fraction of sp³-hybridized carbons (Fsp3) is 0.909. The summed E-state index contributed by atoms with van der Waals surface area (Å²) in [4.78, 5) is 13.5. The molecule has 1 rings (SSSR count). The van der Waals surface area contributed by atoms with E-state index in [1.54, 1.807) is 0 Å². The second-order valence-corrected chi connectivity index (χ2v) is 4.21. The first kappa shape index (κ1) is 12.5. The van der Waals surface area contributed by atoms with Gasteiger partial charge in [-0.05, 0) is 31.6 Å². The molecule has 0 aliphatic carbocycles. The molecule has 0 radical (unpaired) electrons. The highest BCUT2D eigenvalue weighted by Crippen LogP contribution is 2.16. The van der Waals surface area contributed by atoms with Gasteiger partial charge >= 0.3 is 0 Å². The van der Waals surface area contributed by atoms with E-state index >= 15 is 0 Å². The number of unbranched alkanes of at least 4 members (excludes halogenated alkanes) is 1. The smallest absolute Gasteiger partial charge is 0.222 e. The number of rotatable bonds is 5. The summed E-state index contributed by atoms with van der Waals surface area (Å²) >= 11 is 0. The van der Waals surface area contributed by atoms with Crippen LogP contribution in [-0.4, -0.2) is 47.3 Å². The molecule has 1 aliphatic rings. The molecule has 1 unspecified atom stereocenters. The van der Waals surface area contributed by atoms with Crippen molar-refractivity contribution in [1.29, 1.82) is 0 Å². The van der Waals surface area contributed by atoms with Gasteiger partial charge in [-0.3, -0.25) is 4.79 Å². The molecule has 4 nitrogen and oxygen atoms in total. The monoisotopic (exact) mass is 215 g/mol. The van der Waals surface area contributed by atoms with Crippen molar-refractivity contribution >= 4 is 5.91 Å². The number of aliphatic hydroxyl groups is 2. The second kappa shape index (κ2) is 6.80. The maximum absolute atomic E-state index is 11.7. The van der Waals surface area contributed by atoms with Crippen molar-refractivity contribution in [3.05, 3.63) is 0 Å². The molecule has 0 saturated carbocycles. The van der Waals surface area contributed by atoms with Crippen molar-refractivity contribution in [1.82, 2.24) is 4.90 Å². The largest absolute Gasteiger partial charge is 0.396 e. The molecular formula is C11H21NO3. The third kappa shape index (κ3) is 4.18. The fourth-order valence-corrected chi connectivity index (χ4v) is 1.99. The molecule has 1 amide bonds. The average molecular weight is 215 g/mol. The summed E-state index contributed by atoms with van der Waals surface area (Å²) < 4.78 is 0. The van der Waals surface area contributed by atoms with Crippen molar-refractivity contribution in [2.24, 2.45) is 5.92 Å². The highest BCUT2D eigenvalue weighted by atomic mass is 16.3. The lowest BCUT2D eigenvalue weighted by molar-refractivity contribution is -0.133. The molecule has 1 aliphatic heterocycles. The summed E-state index contributed by atoms with van der Waals surface area (Å²) in [7, 11) is 0. The summed E-state index contributed by atoms with van der Waals surface area (Å²) in [6.07, 6.45) is 4.01. The zero-order valence-electron chi connectivity index (χ0n) is 9.19. The molecule has 1 fully saturated rings. The lowest BCUT2D eigenvalue weighted by atomic mass is 9.98. The Morgan fingerprint density at radius 2 is 2.13 bits per heavy atom. The predicted molar refractivity (Wildman–Crippen MR) is 57.3 cm³/mol. The molecule has 4 heteroatoms. The Labute approximate surface area is 90.9 Å². The van der Waals surface area contributed by atoms with Crippen LogP contribution >= 0.6 is 0 Å². The van der Waals surface area contributed by atoms with Gasteiger partial charge in [0.25, 0.3) is 0 Å². The number of hydrogen-bond donors (Lipinski definition) is 2. The van der Waals surface area contributed by atoms with Crippen LogP contribution in [0.1, 0.15) is 32.1 Å². The number of amides is 1. The quantitative estimate of drug-likeness (QED) is 0.652. The SMILES string of the molecule is O=C(CCCCO)N1CCCC(CO)C1. The first-order valence-electron chi connectivity index (χ1n) is 5.77. The van der Waals surface area contributed by atoms with Crippen molar-refractivity contribution in [3.63, 3.8) is 0 Å². The van der Waals surface area contributed by atoms with E-state index in [-0.39, 0.29) is 25.0 Å². The number of hydrogen-bond acceptors (Lipinski definition) is 3. The highest BCUT2D eigenvalue weighted by Gasteiger charge is 2.22. The topological polar surface area (TPSA) is 60.8 Å². The van der Waals surface area contributed by atoms with Gasteiger partial charge in [0.1, 0.15) is 0 Å². The van der Waals surface area contributed by atoms with Gasteiger partial charge in [0.05, 0.1) is 0 Å². The lowest BCUT2D eigenvalue weighted by Crippen LogP contribution is -2.40. The summed E-state index contributed by atoms with van der Waals surface area (Å²) in [6, 6.07) is 0. The third-order valence-corrected chi connectivity index (χ3v) is 2.93. The third-order valence-electron chi connectivity index (χ3n) is 2.93. The Kier molecular flexibility index (Phi) is 5.65. The standard InChI is InChI=1S/C11H21NO3/c13-7-2-1-5-11(15)12-6-3-4-10(8-12)9-14/h10,13-14H,1-9H2. The van der Waals surface area contributed by atoms with Gasteiger partial charge in [0, 0.05) is 32.7 Å². The maximum atomic E-state index is 11.7. The van der Waals surface area contributed by atoms with Crippen LogP contribution in [0.5, 0.6) is 0 Å². The molecule has 0 bridgehead atoms. The number of carbonyl (C=O) groups excluding carboxylic acids is 1. The average Bonchev–Trinajstić information content (AvgIpc) is 2.29. The van der Waals surface area contributed by atoms with E-state index in [0.29, 0.717) is 19.4 Å². The van der Waals surface area contributed by atoms with Crippen molar-refractivity contribution in [3.8, 4) is 0 Å². The number of aliphatic hydroxyl groups excluding tert-OH is 2. The number of nitrogens with zero attached hydrogens (tertiary/aromatic N) is 1. The molecule has 0 aromatic rings. The van der Waals surface area contributed by atoms with E-state index in [9.17, 15) is 4.79 Å². The highest BCUT2D eigenvalue weighted by molar-refractivity contribution is 5.76. The molecule has 15 heavy (non-hydrogen) atoms. The van der Waals surface area contributed by atoms with Crippen LogP contribution in [-0.2, 0) is 4.79 Å². The molecule has 0 aromatic carbocycles. The Balaban J connectivity index is 2.25. The van der Waals surface area contributed by atoms with E-state index in [4.69, 9.17) is 10.2 Å². The summed E-state index contributed by atoms with van der Waals surface area (Å²) in [5.41, 5.74) is 0. The van der Waals surface area contributed by atoms with Gasteiger partial charge in [0.2, 0.25) is 5.91 Å². The Hall–Kier alpha value is -0.610. The number of piperidine rings is 1. The molecule has 1 heterocycles. The number of carbonyl (C=O) groups is 1. The fourth-order valence-electron chi connectivity index (χ4n) is 1.99. The predicted octanol–water partition coefficient (Wildman–Crippen LogP) is 0.380. The molecule has 0 spiro atoms. The molecule has 2 N–H and O–H groups in total. The van der Waals surface area contributed by atoms with Gasteiger partial charge in [-0.15, -0.1) is 0 Å². The van der Waals surface area contributed by atoms with E-state index in [1.807, 2.05) is 4.90 Å². The minimum Gasteiger partial charge on any atom is -0.396 e. The lowest BCUT2D eigenvalue weighted by Gasteiger charge is -2.31. The minimum atomic E-state index is 0.159. The van der Waals surface area contributed by atoms with Crippen LogP contribution in [0.2, 0.25) is 0 Å². The van der Waals surface area contributed by atoms with Gasteiger partial charge in [-0.25, -0.2) is 0 Å². The first-order valence-corrected chi connectivity index (χ1v) is 5.77. The molecule has 88 valence electrons. The summed E-state index contributed by atoms with van der Waals surface area (Å²) in [5.74, 6) is 0.433. The molecule has 0 aromatic heterocycles. The van der Waals surface area contributed by atoms with E-state index in [0.717, 1.165) is 25.8 Å². The minimum absolute atomic E-state index is 0.159. The van der Waals surface area contributed by atoms with Gasteiger partial charge in [0.15, 0.2) is 0 Å². The summed E-state index contributed by atoms with van der Waals surface area (Å²) in [6.45, 7) is 1.87. The number of likely N-dealkylation sites (tertiary alicyclic amines) is 1. The van der Waals surface area contributed by atoms with Gasteiger partial charge in [-0.1, -0.05) is 0 Å². The zero-order valence-corrected chi connectivity index (χ0v) is 9.19. The molecule has 1 saturated heterocycles. The second-order valence-electron chi connectivity index (χ2n) is 4.21. The van der Waals surface area contributed by atoms with Crippen molar-refractivity contribution in [2.75, 3.05) is 26.3 Å². The van der Waals surface area contributed by atoms with Crippen LogP contribution in [0, 0.1) is 5.92 Å². The normalized spacial score (nSPS) is 21.7. The molecule has 1 atom stereocenters. The summed E-state index contributed by atoms with van der Waals surface area (Å²) in [5, 5.41) is 17.6. The molecular weight excluding hydrogens is 194 g/mol. The van der Waals surface area contributed by atoms with Gasteiger partial charge in [-0.2, -0.15) is 0 Å². The van der Waals surface area contributed by atoms with Crippen LogP contribution < -0.4 is 0 Å². The first-order chi connectivity index (χ1) is 7.27. The van der Waals surface area contributed by atoms with E-state index < -0.39 is 0 Å². The maximum Gasteiger partial charge on any atom is 0.222 e. The Morgan fingerprint density at radius 1 is 1.33 bits per heavy atom. The van der Waals surface area contributed by atoms with Crippen LogP contribution in [0.3, 0.4) is 0 Å². The van der Waals surface area contributed by atoms with Gasteiger partial charge < -0.3 is 15.1 Å². The van der Waals surface area contributed by atoms with Crippen LogP contribution in [0.15, 0.2) is 0 Å². The van der Waals surface area contributed by atoms with Crippen LogP contribution in [0.4, 0.5) is 0 Å². The zero-order chi connectivity index (χ0) is 11.1. The van der Waals surface area contributed by atoms with Crippen molar-refractivity contribution < 1.29 is 15.0 Å². The van der Waals surface area contributed by atoms with Crippen molar-refractivity contribution in [2.45, 2.75) is 32.1 Å². The van der Waals surface area contributed by atoms with Crippen LogP contribution in [0.25, 0.3) is 0 Å².